The van der Waals surface area contributed by atoms with Gasteiger partial charge in [-0.1, -0.05) is 52.3 Å². The average Bonchev–Trinajstić information content (AvgIpc) is 2.59. The van der Waals surface area contributed by atoms with Gasteiger partial charge in [-0.25, -0.2) is 14.8 Å². The van der Waals surface area contributed by atoms with Gasteiger partial charge >= 0.3 is 5.69 Å². The van der Waals surface area contributed by atoms with Crippen molar-refractivity contribution in [1.82, 2.24) is 19.1 Å². The van der Waals surface area contributed by atoms with Crippen molar-refractivity contribution in [3.8, 4) is 0 Å². The second-order valence-electron chi connectivity index (χ2n) is 8.15. The van der Waals surface area contributed by atoms with Gasteiger partial charge in [0.1, 0.15) is 16.2 Å². The maximum atomic E-state index is 12.8. The topological polar surface area (TPSA) is 110 Å². The van der Waals surface area contributed by atoms with Crippen LogP contribution in [-0.2, 0) is 25.3 Å². The molecule has 0 aromatic carbocycles. The summed E-state index contributed by atoms with van der Waals surface area (Å²) < 4.78 is 2.29. The first-order valence-electron chi connectivity index (χ1n) is 9.30. The summed E-state index contributed by atoms with van der Waals surface area (Å²) in [6, 6.07) is 0. The second-order valence-corrected chi connectivity index (χ2v) is 9.35. The van der Waals surface area contributed by atoms with Gasteiger partial charge in [0.15, 0.2) is 5.65 Å². The molecule has 1 atom stereocenters. The lowest BCUT2D eigenvalue weighted by Crippen LogP contribution is -2.38. The quantitative estimate of drug-likeness (QED) is 0.498. The van der Waals surface area contributed by atoms with E-state index < -0.39 is 22.5 Å². The maximum Gasteiger partial charge on any atom is 0.332 e. The van der Waals surface area contributed by atoms with Crippen molar-refractivity contribution in [1.29, 1.82) is 0 Å². The lowest BCUT2D eigenvalue weighted by molar-refractivity contribution is -0.304. The number of fused-ring (bicyclic) bond motifs is 1. The zero-order chi connectivity index (χ0) is 21.2. The molecule has 8 nitrogen and oxygen atoms in total. The first-order valence-corrected chi connectivity index (χ1v) is 10.2. The Kier molecular flexibility index (Phi) is 6.69. The van der Waals surface area contributed by atoms with Crippen LogP contribution in [0.2, 0.25) is 0 Å². The van der Waals surface area contributed by atoms with Gasteiger partial charge in [-0.2, -0.15) is 0 Å². The molecule has 0 bridgehead atoms. The minimum absolute atomic E-state index is 0.121. The molecule has 0 aliphatic heterocycles. The zero-order valence-corrected chi connectivity index (χ0v) is 18.1. The van der Waals surface area contributed by atoms with Crippen LogP contribution in [0.15, 0.2) is 14.6 Å². The van der Waals surface area contributed by atoms with E-state index in [9.17, 15) is 19.5 Å². The molecule has 0 amide bonds. The number of carbonyl (C=O) groups is 1. The number of aliphatic carboxylic acids is 1. The van der Waals surface area contributed by atoms with E-state index in [1.165, 1.54) is 11.6 Å². The highest BCUT2D eigenvalue weighted by Crippen LogP contribution is 2.30. The molecule has 9 heteroatoms. The molecule has 154 valence electrons. The number of unbranched alkanes of at least 4 members (excludes halogenated alkanes) is 1. The van der Waals surface area contributed by atoms with Crippen LogP contribution in [0.4, 0.5) is 0 Å². The van der Waals surface area contributed by atoms with Crippen molar-refractivity contribution in [2.45, 2.75) is 63.7 Å². The Morgan fingerprint density at radius 3 is 2.36 bits per heavy atom. The number of carboxylic acids is 1. The van der Waals surface area contributed by atoms with E-state index in [2.05, 4.69) is 9.97 Å². The number of aryl methyl sites for hydroxylation is 1. The number of aromatic nitrogens is 4. The molecule has 0 saturated carbocycles. The molecule has 2 heterocycles. The van der Waals surface area contributed by atoms with Gasteiger partial charge in [-0.05, 0) is 11.8 Å². The Hall–Kier alpha value is -2.16. The van der Waals surface area contributed by atoms with Crippen LogP contribution in [-0.4, -0.2) is 30.3 Å². The van der Waals surface area contributed by atoms with Gasteiger partial charge < -0.3 is 9.90 Å². The van der Waals surface area contributed by atoms with E-state index in [0.29, 0.717) is 18.7 Å². The van der Waals surface area contributed by atoms with Crippen molar-refractivity contribution in [2.24, 2.45) is 19.5 Å². The van der Waals surface area contributed by atoms with Crippen LogP contribution in [0.3, 0.4) is 0 Å². The molecule has 0 fully saturated rings. The number of hydrogen-bond acceptors (Lipinski definition) is 7. The normalized spacial score (nSPS) is 13.1. The summed E-state index contributed by atoms with van der Waals surface area (Å²) in [5.41, 5.74) is -0.922. The lowest BCUT2D eigenvalue weighted by Gasteiger charge is -2.20. The summed E-state index contributed by atoms with van der Waals surface area (Å²) in [6.45, 7) is 8.06. The Morgan fingerprint density at radius 1 is 1.18 bits per heavy atom. The minimum Gasteiger partial charge on any atom is -0.549 e. The van der Waals surface area contributed by atoms with Gasteiger partial charge in [-0.15, -0.1) is 0 Å². The minimum atomic E-state index is -1.19. The van der Waals surface area contributed by atoms with E-state index in [-0.39, 0.29) is 21.5 Å². The Labute approximate surface area is 168 Å². The second kappa shape index (κ2) is 8.46. The van der Waals surface area contributed by atoms with Gasteiger partial charge in [0, 0.05) is 20.5 Å². The third-order valence-electron chi connectivity index (χ3n) is 4.34. The fourth-order valence-electron chi connectivity index (χ4n) is 2.86. The van der Waals surface area contributed by atoms with Gasteiger partial charge in [0.25, 0.3) is 5.56 Å². The molecule has 2 rings (SSSR count). The number of rotatable bonds is 7. The van der Waals surface area contributed by atoms with Crippen LogP contribution in [0.5, 0.6) is 0 Å². The van der Waals surface area contributed by atoms with E-state index >= 15 is 0 Å². The highest BCUT2D eigenvalue weighted by atomic mass is 32.2. The van der Waals surface area contributed by atoms with E-state index in [0.717, 1.165) is 29.2 Å². The first kappa shape index (κ1) is 22.1. The molecule has 0 saturated heterocycles. The molecule has 0 aliphatic rings. The Morgan fingerprint density at radius 2 is 1.82 bits per heavy atom. The van der Waals surface area contributed by atoms with E-state index in [1.54, 1.807) is 7.05 Å². The summed E-state index contributed by atoms with van der Waals surface area (Å²) in [5.74, 6) is -0.720. The summed E-state index contributed by atoms with van der Waals surface area (Å²) in [4.78, 5) is 45.7. The number of carbonyl (C=O) groups excluding carboxylic acids is 1. The average molecular weight is 408 g/mol. The van der Waals surface area contributed by atoms with Crippen molar-refractivity contribution in [3.63, 3.8) is 0 Å². The smallest absolute Gasteiger partial charge is 0.332 e. The number of thioether (sulfide) groups is 1. The number of nitrogens with zero attached hydrogens (tertiary/aromatic N) is 4. The molecule has 0 N–H and O–H groups in total. The molecule has 0 aliphatic carbocycles. The van der Waals surface area contributed by atoms with Crippen LogP contribution >= 0.6 is 11.8 Å². The third-order valence-corrected chi connectivity index (χ3v) is 5.57. The summed E-state index contributed by atoms with van der Waals surface area (Å²) >= 11 is 1.00. The monoisotopic (exact) mass is 407 g/mol. The van der Waals surface area contributed by atoms with Gasteiger partial charge in [0.05, 0.1) is 11.2 Å². The maximum absolute atomic E-state index is 12.8. The first-order chi connectivity index (χ1) is 13.0. The van der Waals surface area contributed by atoms with Gasteiger partial charge in [0.2, 0.25) is 0 Å². The molecule has 2 aromatic heterocycles. The van der Waals surface area contributed by atoms with Crippen LogP contribution in [0.25, 0.3) is 11.0 Å². The summed E-state index contributed by atoms with van der Waals surface area (Å²) in [5, 5.41) is 11.2. The summed E-state index contributed by atoms with van der Waals surface area (Å²) in [7, 11) is 2.93. The van der Waals surface area contributed by atoms with Crippen LogP contribution in [0, 0.1) is 5.41 Å². The van der Waals surface area contributed by atoms with Crippen LogP contribution in [0.1, 0.15) is 52.8 Å². The number of carboxylic acid groups (broad SMARTS) is 1. The van der Waals surface area contributed by atoms with E-state index in [4.69, 9.17) is 0 Å². The molecule has 28 heavy (non-hydrogen) atoms. The van der Waals surface area contributed by atoms with Crippen molar-refractivity contribution in [3.05, 3.63) is 26.7 Å². The van der Waals surface area contributed by atoms with Crippen LogP contribution < -0.4 is 16.4 Å². The third kappa shape index (κ3) is 4.81. The molecular weight excluding hydrogens is 380 g/mol. The SMILES string of the molecule is CCCC[C@@H](Sc1nc(CC(C)(C)C)nc2c1c(=O)n(C)c(=O)n2C)C(=O)[O-]. The van der Waals surface area contributed by atoms with Gasteiger partial charge in [-0.3, -0.25) is 13.9 Å². The highest BCUT2D eigenvalue weighted by Gasteiger charge is 2.23. The number of hydrogen-bond donors (Lipinski definition) is 0. The summed E-state index contributed by atoms with van der Waals surface area (Å²) in [6.07, 6.45) is 2.50. The largest absolute Gasteiger partial charge is 0.549 e. The molecule has 0 spiro atoms. The predicted molar refractivity (Wildman–Crippen MR) is 107 cm³/mol. The lowest BCUT2D eigenvalue weighted by atomic mass is 9.92. The fraction of sp³-hybridized carbons (Fsp3) is 0.632. The Balaban J connectivity index is 2.75. The van der Waals surface area contributed by atoms with Crippen molar-refractivity contribution >= 4 is 28.8 Å². The van der Waals surface area contributed by atoms with Crippen molar-refractivity contribution < 1.29 is 9.90 Å². The zero-order valence-electron chi connectivity index (χ0n) is 17.2. The van der Waals surface area contributed by atoms with E-state index in [1.807, 2.05) is 27.7 Å². The molecular formula is C19H27N4O4S-. The predicted octanol–water partition coefficient (Wildman–Crippen LogP) is 1.02. The molecule has 2 aromatic rings. The molecule has 0 unspecified atom stereocenters. The molecule has 0 radical (unpaired) electrons. The standard InChI is InChI=1S/C19H28N4O4S/c1-7-8-9-11(17(25)26)28-15-13-14(20-12(21-15)10-19(2,3)4)22(5)18(27)23(6)16(13)24/h11H,7-10H2,1-6H3,(H,25,26)/p-1/t11-/m1/s1. The Bertz CT molecular complexity index is 1000. The fourth-order valence-corrected chi connectivity index (χ4v) is 3.96. The van der Waals surface area contributed by atoms with Crippen molar-refractivity contribution in [2.75, 3.05) is 0 Å². The highest BCUT2D eigenvalue weighted by molar-refractivity contribution is 8.00.